The van der Waals surface area contributed by atoms with Gasteiger partial charge in [0.05, 0.1) is 11.4 Å². The lowest BCUT2D eigenvalue weighted by atomic mass is 10.1. The smallest absolute Gasteiger partial charge is 0.263 e. The first-order valence-electron chi connectivity index (χ1n) is 7.97. The minimum Gasteiger partial charge on any atom is -0.348 e. The number of aromatic nitrogens is 2. The van der Waals surface area contributed by atoms with Gasteiger partial charge in [-0.25, -0.2) is 4.98 Å². The van der Waals surface area contributed by atoms with E-state index in [9.17, 15) is 4.79 Å². The van der Waals surface area contributed by atoms with Gasteiger partial charge < -0.3 is 5.32 Å². The molecule has 1 atom stereocenters. The summed E-state index contributed by atoms with van der Waals surface area (Å²) < 4.78 is 1.05. The van der Waals surface area contributed by atoms with Gasteiger partial charge in [-0.15, -0.1) is 11.3 Å². The van der Waals surface area contributed by atoms with Crippen LogP contribution in [0.15, 0.2) is 53.1 Å². The molecule has 0 aliphatic rings. The number of carbonyl (C=O) groups excluding carboxylic acids is 1. The van der Waals surface area contributed by atoms with Crippen LogP contribution < -0.4 is 5.32 Å². The topological polar surface area (TPSA) is 54.9 Å². The van der Waals surface area contributed by atoms with Crippen LogP contribution in [0.2, 0.25) is 0 Å². The molecule has 2 aromatic heterocycles. The molecule has 1 N–H and O–H groups in total. The van der Waals surface area contributed by atoms with Crippen LogP contribution in [0.25, 0.3) is 10.7 Å². The zero-order valence-corrected chi connectivity index (χ0v) is 16.4. The van der Waals surface area contributed by atoms with Crippen LogP contribution in [0.1, 0.15) is 27.9 Å². The molecule has 0 bridgehead atoms. The van der Waals surface area contributed by atoms with Crippen molar-refractivity contribution in [3.05, 3.63) is 69.3 Å². The van der Waals surface area contributed by atoms with E-state index in [1.807, 2.05) is 44.2 Å². The Morgan fingerprint density at radius 2 is 2.00 bits per heavy atom. The molecule has 0 radical (unpaired) electrons. The predicted molar refractivity (Wildman–Crippen MR) is 105 cm³/mol. The molecule has 0 aliphatic heterocycles. The van der Waals surface area contributed by atoms with Gasteiger partial charge in [0.2, 0.25) is 0 Å². The summed E-state index contributed by atoms with van der Waals surface area (Å²) in [6, 6.07) is 13.9. The summed E-state index contributed by atoms with van der Waals surface area (Å²) in [4.78, 5) is 22.0. The van der Waals surface area contributed by atoms with Crippen molar-refractivity contribution in [3.63, 3.8) is 0 Å². The highest BCUT2D eigenvalue weighted by atomic mass is 79.9. The van der Waals surface area contributed by atoms with Gasteiger partial charge in [-0.2, -0.15) is 0 Å². The molecule has 0 saturated carbocycles. The summed E-state index contributed by atoms with van der Waals surface area (Å²) in [6.07, 6.45) is 2.51. The van der Waals surface area contributed by atoms with Crippen LogP contribution in [-0.2, 0) is 6.42 Å². The molecule has 6 heteroatoms. The van der Waals surface area contributed by atoms with Crippen molar-refractivity contribution in [1.82, 2.24) is 15.3 Å². The SMILES string of the molecule is Cc1nc(-c2ccccn2)sc1C(=O)NC(C)Cc1ccc(Br)cc1. The van der Waals surface area contributed by atoms with E-state index < -0.39 is 0 Å². The molecule has 0 fully saturated rings. The predicted octanol–water partition coefficient (Wildman–Crippen LogP) is 4.64. The summed E-state index contributed by atoms with van der Waals surface area (Å²) in [7, 11) is 0. The van der Waals surface area contributed by atoms with Gasteiger partial charge in [0, 0.05) is 16.7 Å². The van der Waals surface area contributed by atoms with Crippen LogP contribution >= 0.6 is 27.3 Å². The number of nitrogens with one attached hydrogen (secondary N) is 1. The van der Waals surface area contributed by atoms with Gasteiger partial charge in [-0.05, 0) is 50.1 Å². The molecule has 3 aromatic rings. The van der Waals surface area contributed by atoms with Crippen molar-refractivity contribution < 1.29 is 4.79 Å². The zero-order chi connectivity index (χ0) is 17.8. The standard InChI is InChI=1S/C19H18BrN3OS/c1-12(11-14-6-8-15(20)9-7-14)22-18(24)17-13(2)23-19(25-17)16-5-3-4-10-21-16/h3-10,12H,11H2,1-2H3,(H,22,24). The normalized spacial score (nSPS) is 12.0. The summed E-state index contributed by atoms with van der Waals surface area (Å²) in [5.74, 6) is -0.0817. The van der Waals surface area contributed by atoms with E-state index in [2.05, 4.69) is 43.3 Å². The van der Waals surface area contributed by atoms with Crippen molar-refractivity contribution in [3.8, 4) is 10.7 Å². The minimum absolute atomic E-state index is 0.0356. The number of amides is 1. The van der Waals surface area contributed by atoms with Gasteiger partial charge in [-0.1, -0.05) is 34.1 Å². The number of pyridine rings is 1. The molecule has 3 rings (SSSR count). The molecule has 1 unspecified atom stereocenters. The van der Waals surface area contributed by atoms with E-state index in [1.54, 1.807) is 6.20 Å². The molecular formula is C19H18BrN3OS. The van der Waals surface area contributed by atoms with Crippen LogP contribution in [0.5, 0.6) is 0 Å². The Bertz CT molecular complexity index is 862. The maximum atomic E-state index is 12.6. The average Bonchev–Trinajstić information content (AvgIpc) is 3.00. The van der Waals surface area contributed by atoms with Gasteiger partial charge in [0.15, 0.2) is 0 Å². The highest BCUT2D eigenvalue weighted by Gasteiger charge is 2.18. The largest absolute Gasteiger partial charge is 0.348 e. The lowest BCUT2D eigenvalue weighted by Crippen LogP contribution is -2.33. The Hall–Kier alpha value is -2.05. The highest BCUT2D eigenvalue weighted by molar-refractivity contribution is 9.10. The van der Waals surface area contributed by atoms with E-state index in [-0.39, 0.29) is 11.9 Å². The van der Waals surface area contributed by atoms with Crippen LogP contribution in [-0.4, -0.2) is 21.9 Å². The number of halogens is 1. The number of aryl methyl sites for hydroxylation is 1. The Balaban J connectivity index is 1.68. The Labute approximate surface area is 159 Å². The Morgan fingerprint density at radius 3 is 2.68 bits per heavy atom. The third-order valence-corrected chi connectivity index (χ3v) is 5.43. The fraction of sp³-hybridized carbons (Fsp3) is 0.211. The van der Waals surface area contributed by atoms with Gasteiger partial charge in [-0.3, -0.25) is 9.78 Å². The number of hydrogen-bond acceptors (Lipinski definition) is 4. The molecule has 2 heterocycles. The maximum absolute atomic E-state index is 12.6. The van der Waals surface area contributed by atoms with Crippen molar-refractivity contribution in [2.45, 2.75) is 26.3 Å². The second kappa shape index (κ2) is 7.89. The number of hydrogen-bond donors (Lipinski definition) is 1. The third-order valence-electron chi connectivity index (χ3n) is 3.72. The number of nitrogens with zero attached hydrogens (tertiary/aromatic N) is 2. The lowest BCUT2D eigenvalue weighted by Gasteiger charge is -2.13. The Kier molecular flexibility index (Phi) is 5.60. The summed E-state index contributed by atoms with van der Waals surface area (Å²) in [5.41, 5.74) is 2.71. The molecule has 0 saturated heterocycles. The van der Waals surface area contributed by atoms with Crippen molar-refractivity contribution in [1.29, 1.82) is 0 Å². The quantitative estimate of drug-likeness (QED) is 0.660. The van der Waals surface area contributed by atoms with Gasteiger partial charge in [0.25, 0.3) is 5.91 Å². The third kappa shape index (κ3) is 4.52. The fourth-order valence-corrected chi connectivity index (χ4v) is 3.73. The summed E-state index contributed by atoms with van der Waals surface area (Å²) >= 11 is 4.81. The zero-order valence-electron chi connectivity index (χ0n) is 14.0. The Morgan fingerprint density at radius 1 is 1.24 bits per heavy atom. The number of thiazole rings is 1. The van der Waals surface area contributed by atoms with E-state index in [0.717, 1.165) is 27.3 Å². The van der Waals surface area contributed by atoms with Gasteiger partial charge >= 0.3 is 0 Å². The maximum Gasteiger partial charge on any atom is 0.263 e. The first-order chi connectivity index (χ1) is 12.0. The second-order valence-corrected chi connectivity index (χ2v) is 7.77. The van der Waals surface area contributed by atoms with Crippen molar-refractivity contribution >= 4 is 33.2 Å². The van der Waals surface area contributed by atoms with Crippen LogP contribution in [0, 0.1) is 6.92 Å². The molecule has 0 spiro atoms. The molecular weight excluding hydrogens is 398 g/mol. The van der Waals surface area contributed by atoms with E-state index in [4.69, 9.17) is 0 Å². The van der Waals surface area contributed by atoms with Crippen molar-refractivity contribution in [2.24, 2.45) is 0 Å². The lowest BCUT2D eigenvalue weighted by molar-refractivity contribution is 0.0943. The molecule has 1 aromatic carbocycles. The van der Waals surface area contributed by atoms with E-state index in [1.165, 1.54) is 16.9 Å². The van der Waals surface area contributed by atoms with Crippen molar-refractivity contribution in [2.75, 3.05) is 0 Å². The molecule has 0 aliphatic carbocycles. The first-order valence-corrected chi connectivity index (χ1v) is 9.58. The minimum atomic E-state index is -0.0817. The number of rotatable bonds is 5. The monoisotopic (exact) mass is 415 g/mol. The van der Waals surface area contributed by atoms with E-state index in [0.29, 0.717) is 4.88 Å². The molecule has 25 heavy (non-hydrogen) atoms. The first kappa shape index (κ1) is 17.8. The molecule has 4 nitrogen and oxygen atoms in total. The molecule has 1 amide bonds. The average molecular weight is 416 g/mol. The fourth-order valence-electron chi connectivity index (χ4n) is 2.52. The van der Waals surface area contributed by atoms with Crippen LogP contribution in [0.3, 0.4) is 0 Å². The number of carbonyl (C=O) groups is 1. The van der Waals surface area contributed by atoms with E-state index >= 15 is 0 Å². The van der Waals surface area contributed by atoms with Gasteiger partial charge in [0.1, 0.15) is 9.88 Å². The second-order valence-electron chi connectivity index (χ2n) is 5.85. The summed E-state index contributed by atoms with van der Waals surface area (Å²) in [5, 5.41) is 3.83. The van der Waals surface area contributed by atoms with Crippen LogP contribution in [0.4, 0.5) is 0 Å². The highest BCUT2D eigenvalue weighted by Crippen LogP contribution is 2.26. The summed E-state index contributed by atoms with van der Waals surface area (Å²) in [6.45, 7) is 3.87. The molecule has 128 valence electrons. The number of benzene rings is 1.